The summed E-state index contributed by atoms with van der Waals surface area (Å²) >= 11 is 5.14. The van der Waals surface area contributed by atoms with Crippen molar-refractivity contribution in [2.75, 3.05) is 13.1 Å². The molecule has 0 unspecified atom stereocenters. The van der Waals surface area contributed by atoms with Crippen molar-refractivity contribution in [3.63, 3.8) is 0 Å². The summed E-state index contributed by atoms with van der Waals surface area (Å²) in [7, 11) is -3.62. The van der Waals surface area contributed by atoms with E-state index in [9.17, 15) is 13.2 Å². The molecule has 2 aromatic rings. The first-order valence-corrected chi connectivity index (χ1v) is 10.6. The van der Waals surface area contributed by atoms with E-state index >= 15 is 0 Å². The van der Waals surface area contributed by atoms with Gasteiger partial charge in [0.05, 0.1) is 4.90 Å². The lowest BCUT2D eigenvalue weighted by Gasteiger charge is -2.11. The molecule has 1 heterocycles. The van der Waals surface area contributed by atoms with Gasteiger partial charge in [0.1, 0.15) is 12.4 Å². The topological polar surface area (TPSA) is 109 Å². The Morgan fingerprint density at radius 2 is 2.04 bits per heavy atom. The highest BCUT2D eigenvalue weighted by molar-refractivity contribution is 7.89. The number of carbonyl (C=O) groups excluding carboxylic acids is 1. The molecule has 0 bridgehead atoms. The largest absolute Gasteiger partial charge is 0.353 e. The van der Waals surface area contributed by atoms with Crippen molar-refractivity contribution in [3.05, 3.63) is 39.9 Å². The number of carbonyl (C=O) groups is 1. The Bertz CT molecular complexity index is 963. The lowest BCUT2D eigenvalue weighted by Crippen LogP contribution is -2.36. The van der Waals surface area contributed by atoms with E-state index in [1.807, 2.05) is 19.9 Å². The lowest BCUT2D eigenvalue weighted by atomic mass is 10.2. The quantitative estimate of drug-likeness (QED) is 0.429. The first-order chi connectivity index (χ1) is 12.7. The zero-order valence-corrected chi connectivity index (χ0v) is 17.3. The van der Waals surface area contributed by atoms with Crippen LogP contribution in [0.25, 0.3) is 0 Å². The molecule has 0 saturated carbocycles. The zero-order chi connectivity index (χ0) is 20.0. The minimum absolute atomic E-state index is 0.0500. The molecule has 10 heteroatoms. The third-order valence-electron chi connectivity index (χ3n) is 3.99. The van der Waals surface area contributed by atoms with Crippen LogP contribution in [0.4, 0.5) is 0 Å². The third kappa shape index (κ3) is 5.72. The van der Waals surface area contributed by atoms with E-state index in [4.69, 9.17) is 12.2 Å². The Hall–Kier alpha value is -2.04. The van der Waals surface area contributed by atoms with Crippen molar-refractivity contribution in [2.24, 2.45) is 0 Å². The van der Waals surface area contributed by atoms with Gasteiger partial charge in [-0.05, 0) is 49.7 Å². The number of nitrogens with one attached hydrogen (secondary N) is 3. The van der Waals surface area contributed by atoms with Crippen molar-refractivity contribution in [1.29, 1.82) is 0 Å². The summed E-state index contributed by atoms with van der Waals surface area (Å²) < 4.78 is 29.4. The standard InChI is InChI=1S/C17H25N5O3S2/c1-4-5-15-20-21-17(26)22(15)11-16(23)18-8-9-19-27(24,25)14-10-12(2)6-7-13(14)3/h6-7,10,19H,4-5,8-9,11H2,1-3H3,(H,18,23)(H,21,26). The minimum Gasteiger partial charge on any atom is -0.353 e. The monoisotopic (exact) mass is 411 g/mol. The normalized spacial score (nSPS) is 11.5. The number of hydrogen-bond acceptors (Lipinski definition) is 5. The van der Waals surface area contributed by atoms with Crippen LogP contribution in [-0.2, 0) is 27.8 Å². The molecule has 0 spiro atoms. The maximum atomic E-state index is 12.4. The number of aryl methyl sites for hydroxylation is 3. The Labute approximate surface area is 164 Å². The number of sulfonamides is 1. The SMILES string of the molecule is CCCc1n[nH]c(=S)n1CC(=O)NCCNS(=O)(=O)c1cc(C)ccc1C. The van der Waals surface area contributed by atoms with Gasteiger partial charge in [0.25, 0.3) is 0 Å². The molecular weight excluding hydrogens is 386 g/mol. The molecule has 0 fully saturated rings. The van der Waals surface area contributed by atoms with Crippen molar-refractivity contribution < 1.29 is 13.2 Å². The van der Waals surface area contributed by atoms with Crippen LogP contribution in [0.3, 0.4) is 0 Å². The van der Waals surface area contributed by atoms with Crippen LogP contribution < -0.4 is 10.0 Å². The van der Waals surface area contributed by atoms with Crippen LogP contribution in [0.15, 0.2) is 23.1 Å². The Kier molecular flexibility index (Phi) is 7.28. The van der Waals surface area contributed by atoms with Crippen molar-refractivity contribution in [2.45, 2.75) is 45.1 Å². The summed E-state index contributed by atoms with van der Waals surface area (Å²) in [6.45, 7) is 5.93. The van der Waals surface area contributed by atoms with Gasteiger partial charge >= 0.3 is 0 Å². The van der Waals surface area contributed by atoms with Gasteiger partial charge in [-0.1, -0.05) is 19.1 Å². The van der Waals surface area contributed by atoms with E-state index < -0.39 is 10.0 Å². The van der Waals surface area contributed by atoms with E-state index in [-0.39, 0.29) is 30.4 Å². The molecule has 0 aliphatic carbocycles. The van der Waals surface area contributed by atoms with Crippen LogP contribution in [0.5, 0.6) is 0 Å². The number of H-pyrrole nitrogens is 1. The summed E-state index contributed by atoms with van der Waals surface area (Å²) in [5, 5.41) is 9.49. The van der Waals surface area contributed by atoms with E-state index in [1.54, 1.807) is 23.6 Å². The Morgan fingerprint density at radius 3 is 2.74 bits per heavy atom. The molecule has 0 aliphatic heterocycles. The summed E-state index contributed by atoms with van der Waals surface area (Å²) in [4.78, 5) is 12.4. The van der Waals surface area contributed by atoms with Crippen LogP contribution in [0.2, 0.25) is 0 Å². The number of benzene rings is 1. The maximum absolute atomic E-state index is 12.4. The van der Waals surface area contributed by atoms with Crippen LogP contribution in [0.1, 0.15) is 30.3 Å². The van der Waals surface area contributed by atoms with Crippen LogP contribution >= 0.6 is 12.2 Å². The first-order valence-electron chi connectivity index (χ1n) is 8.72. The van der Waals surface area contributed by atoms with Crippen molar-refractivity contribution >= 4 is 28.1 Å². The molecule has 8 nitrogen and oxygen atoms in total. The zero-order valence-electron chi connectivity index (χ0n) is 15.7. The smallest absolute Gasteiger partial charge is 0.240 e. The lowest BCUT2D eigenvalue weighted by molar-refractivity contribution is -0.121. The van der Waals surface area contributed by atoms with E-state index in [2.05, 4.69) is 20.2 Å². The molecule has 148 valence electrons. The first kappa shape index (κ1) is 21.3. The number of aromatic nitrogens is 3. The average molecular weight is 412 g/mol. The van der Waals surface area contributed by atoms with E-state index in [0.717, 1.165) is 24.2 Å². The van der Waals surface area contributed by atoms with Gasteiger partial charge in [0.15, 0.2) is 4.77 Å². The average Bonchev–Trinajstić information content (AvgIpc) is 2.94. The molecule has 1 aromatic carbocycles. The fourth-order valence-corrected chi connectivity index (χ4v) is 4.16. The van der Waals surface area contributed by atoms with Crippen molar-refractivity contribution in [1.82, 2.24) is 24.8 Å². The summed E-state index contributed by atoms with van der Waals surface area (Å²) in [5.41, 5.74) is 1.55. The second-order valence-electron chi connectivity index (χ2n) is 6.30. The minimum atomic E-state index is -3.62. The number of amides is 1. The molecule has 2 rings (SSSR count). The third-order valence-corrected chi connectivity index (χ3v) is 5.90. The van der Waals surface area contributed by atoms with E-state index in [0.29, 0.717) is 10.3 Å². The molecule has 0 radical (unpaired) electrons. The van der Waals surface area contributed by atoms with Gasteiger partial charge in [-0.25, -0.2) is 13.1 Å². The van der Waals surface area contributed by atoms with Gasteiger partial charge in [-0.15, -0.1) is 0 Å². The fourth-order valence-electron chi connectivity index (χ4n) is 2.59. The predicted molar refractivity (Wildman–Crippen MR) is 106 cm³/mol. The molecular formula is C17H25N5O3S2. The molecule has 0 aliphatic rings. The second-order valence-corrected chi connectivity index (χ2v) is 8.42. The molecule has 0 atom stereocenters. The molecule has 3 N–H and O–H groups in total. The van der Waals surface area contributed by atoms with Gasteiger partial charge in [-0.2, -0.15) is 5.10 Å². The van der Waals surface area contributed by atoms with Gasteiger partial charge in [-0.3, -0.25) is 14.5 Å². The van der Waals surface area contributed by atoms with Gasteiger partial charge in [0, 0.05) is 19.5 Å². The summed E-state index contributed by atoms with van der Waals surface area (Å²) in [6.07, 6.45) is 1.61. The highest BCUT2D eigenvalue weighted by atomic mass is 32.2. The number of hydrogen-bond donors (Lipinski definition) is 3. The number of nitrogens with zero attached hydrogens (tertiary/aromatic N) is 2. The fraction of sp³-hybridized carbons (Fsp3) is 0.471. The maximum Gasteiger partial charge on any atom is 0.240 e. The predicted octanol–water partition coefficient (Wildman–Crippen LogP) is 1.60. The number of aromatic amines is 1. The van der Waals surface area contributed by atoms with Crippen LogP contribution in [0, 0.1) is 18.6 Å². The summed E-state index contributed by atoms with van der Waals surface area (Å²) in [5.74, 6) is 0.476. The van der Waals surface area contributed by atoms with Crippen LogP contribution in [-0.4, -0.2) is 42.2 Å². The highest BCUT2D eigenvalue weighted by Gasteiger charge is 2.16. The van der Waals surface area contributed by atoms with Gasteiger partial charge in [0.2, 0.25) is 15.9 Å². The Balaban J connectivity index is 1.88. The molecule has 1 amide bonds. The summed E-state index contributed by atoms with van der Waals surface area (Å²) in [6, 6.07) is 5.27. The van der Waals surface area contributed by atoms with Crippen molar-refractivity contribution in [3.8, 4) is 0 Å². The highest BCUT2D eigenvalue weighted by Crippen LogP contribution is 2.16. The Morgan fingerprint density at radius 1 is 1.30 bits per heavy atom. The second kappa shape index (κ2) is 9.25. The van der Waals surface area contributed by atoms with Gasteiger partial charge < -0.3 is 5.32 Å². The number of rotatable bonds is 9. The molecule has 1 aromatic heterocycles. The molecule has 0 saturated heterocycles. The molecule has 27 heavy (non-hydrogen) atoms. The van der Waals surface area contributed by atoms with E-state index in [1.165, 1.54) is 0 Å².